The van der Waals surface area contributed by atoms with E-state index in [2.05, 4.69) is 0 Å². The average molecular weight is 286 g/mol. The van der Waals surface area contributed by atoms with Crippen LogP contribution in [0.15, 0.2) is 18.2 Å². The zero-order chi connectivity index (χ0) is 14.2. The van der Waals surface area contributed by atoms with Crippen LogP contribution in [0.3, 0.4) is 0 Å². The first-order valence-corrected chi connectivity index (χ1v) is 5.92. The predicted molar refractivity (Wildman–Crippen MR) is 69.5 cm³/mol. The fourth-order valence-electron chi connectivity index (χ4n) is 2.12. The van der Waals surface area contributed by atoms with E-state index in [4.69, 9.17) is 22.4 Å². The Morgan fingerprint density at radius 3 is 2.79 bits per heavy atom. The molecule has 0 amide bonds. The molecule has 1 aromatic rings. The Balaban J connectivity index is 2.34. The van der Waals surface area contributed by atoms with E-state index in [0.717, 1.165) is 0 Å². The standard InChI is InChI=1S/C11H12ClN3O4/c12-7-1-2-8(9(5-7)15(18)19)14-4-3-11(13,6-14)10(16)17/h1-2,5H,3-4,6,13H2,(H,16,17). The van der Waals surface area contributed by atoms with Gasteiger partial charge in [0.15, 0.2) is 0 Å². The molecule has 7 nitrogen and oxygen atoms in total. The topological polar surface area (TPSA) is 110 Å². The van der Waals surface area contributed by atoms with Crippen molar-refractivity contribution in [1.29, 1.82) is 0 Å². The molecule has 0 aromatic heterocycles. The number of hydrogen-bond donors (Lipinski definition) is 2. The highest BCUT2D eigenvalue weighted by Gasteiger charge is 2.42. The first kappa shape index (κ1) is 13.6. The third kappa shape index (κ3) is 2.47. The summed E-state index contributed by atoms with van der Waals surface area (Å²) >= 11 is 5.73. The van der Waals surface area contributed by atoms with Crippen LogP contribution in [0.5, 0.6) is 0 Å². The van der Waals surface area contributed by atoms with Crippen molar-refractivity contribution in [3.05, 3.63) is 33.3 Å². The van der Waals surface area contributed by atoms with Crippen LogP contribution >= 0.6 is 11.6 Å². The van der Waals surface area contributed by atoms with E-state index in [1.165, 1.54) is 18.2 Å². The number of nitro benzene ring substituents is 1. The Bertz CT molecular complexity index is 551. The molecule has 3 N–H and O–H groups in total. The van der Waals surface area contributed by atoms with Gasteiger partial charge in [0.25, 0.3) is 5.69 Å². The van der Waals surface area contributed by atoms with E-state index >= 15 is 0 Å². The zero-order valence-corrected chi connectivity index (χ0v) is 10.6. The van der Waals surface area contributed by atoms with E-state index < -0.39 is 16.4 Å². The molecular weight excluding hydrogens is 274 g/mol. The number of hydrogen-bond acceptors (Lipinski definition) is 5. The van der Waals surface area contributed by atoms with Crippen LogP contribution in [0.1, 0.15) is 6.42 Å². The van der Waals surface area contributed by atoms with Crippen LogP contribution in [-0.2, 0) is 4.79 Å². The molecule has 8 heteroatoms. The normalized spacial score (nSPS) is 22.5. The lowest BCUT2D eigenvalue weighted by molar-refractivity contribution is -0.384. The zero-order valence-electron chi connectivity index (χ0n) is 9.88. The van der Waals surface area contributed by atoms with Gasteiger partial charge in [-0.15, -0.1) is 0 Å². The van der Waals surface area contributed by atoms with Crippen molar-refractivity contribution in [2.24, 2.45) is 5.73 Å². The fourth-order valence-corrected chi connectivity index (χ4v) is 2.29. The average Bonchev–Trinajstić information content (AvgIpc) is 2.73. The van der Waals surface area contributed by atoms with Crippen molar-refractivity contribution in [1.82, 2.24) is 0 Å². The van der Waals surface area contributed by atoms with Crippen LogP contribution in [0.2, 0.25) is 5.02 Å². The highest BCUT2D eigenvalue weighted by molar-refractivity contribution is 6.30. The summed E-state index contributed by atoms with van der Waals surface area (Å²) in [6.45, 7) is 0.385. The van der Waals surface area contributed by atoms with Crippen LogP contribution < -0.4 is 10.6 Å². The molecule has 1 aromatic carbocycles. The Hall–Kier alpha value is -1.86. The summed E-state index contributed by atoms with van der Waals surface area (Å²) in [6.07, 6.45) is 0.238. The third-order valence-corrected chi connectivity index (χ3v) is 3.44. The number of nitro groups is 1. The van der Waals surface area contributed by atoms with Gasteiger partial charge in [0.1, 0.15) is 11.2 Å². The number of carbonyl (C=O) groups is 1. The van der Waals surface area contributed by atoms with Gasteiger partial charge >= 0.3 is 5.97 Å². The molecule has 0 spiro atoms. The van der Waals surface area contributed by atoms with Gasteiger partial charge in [0.05, 0.1) is 4.92 Å². The van der Waals surface area contributed by atoms with Crippen molar-refractivity contribution >= 4 is 28.9 Å². The van der Waals surface area contributed by atoms with Crippen molar-refractivity contribution in [3.8, 4) is 0 Å². The van der Waals surface area contributed by atoms with Crippen molar-refractivity contribution in [2.75, 3.05) is 18.0 Å². The summed E-state index contributed by atoms with van der Waals surface area (Å²) in [5, 5.41) is 20.3. The summed E-state index contributed by atoms with van der Waals surface area (Å²) < 4.78 is 0. The fraction of sp³-hybridized carbons (Fsp3) is 0.364. The molecule has 2 rings (SSSR count). The number of benzene rings is 1. The molecular formula is C11H12ClN3O4. The summed E-state index contributed by atoms with van der Waals surface area (Å²) in [7, 11) is 0. The second-order valence-electron chi connectivity index (χ2n) is 4.52. The predicted octanol–water partition coefficient (Wildman–Crippen LogP) is 1.24. The Morgan fingerprint density at radius 2 is 2.26 bits per heavy atom. The molecule has 0 aliphatic carbocycles. The maximum absolute atomic E-state index is 11.1. The number of rotatable bonds is 3. The molecule has 0 saturated carbocycles. The van der Waals surface area contributed by atoms with Gasteiger partial charge in [0.2, 0.25) is 0 Å². The first-order chi connectivity index (χ1) is 8.83. The van der Waals surface area contributed by atoms with Gasteiger partial charge < -0.3 is 15.7 Å². The smallest absolute Gasteiger partial charge is 0.325 e. The molecule has 1 atom stereocenters. The van der Waals surface area contributed by atoms with E-state index in [9.17, 15) is 14.9 Å². The van der Waals surface area contributed by atoms with E-state index in [1.807, 2.05) is 0 Å². The van der Waals surface area contributed by atoms with Crippen LogP contribution in [0.25, 0.3) is 0 Å². The van der Waals surface area contributed by atoms with Crippen LogP contribution in [0, 0.1) is 10.1 Å². The lowest BCUT2D eigenvalue weighted by Gasteiger charge is -2.21. The number of carboxylic acid groups (broad SMARTS) is 1. The maximum atomic E-state index is 11.1. The monoisotopic (exact) mass is 285 g/mol. The van der Waals surface area contributed by atoms with Gasteiger partial charge in [-0.1, -0.05) is 11.6 Å². The number of nitrogens with zero attached hydrogens (tertiary/aromatic N) is 2. The number of halogens is 1. The molecule has 0 bridgehead atoms. The second-order valence-corrected chi connectivity index (χ2v) is 4.96. The lowest BCUT2D eigenvalue weighted by Crippen LogP contribution is -2.50. The molecule has 102 valence electrons. The van der Waals surface area contributed by atoms with Crippen molar-refractivity contribution in [2.45, 2.75) is 12.0 Å². The Morgan fingerprint density at radius 1 is 1.58 bits per heavy atom. The molecule has 1 heterocycles. The van der Waals surface area contributed by atoms with E-state index in [0.29, 0.717) is 12.2 Å². The number of anilines is 1. The summed E-state index contributed by atoms with van der Waals surface area (Å²) in [6, 6.07) is 4.28. The highest BCUT2D eigenvalue weighted by atomic mass is 35.5. The minimum Gasteiger partial charge on any atom is -0.480 e. The van der Waals surface area contributed by atoms with E-state index in [1.54, 1.807) is 4.90 Å². The van der Waals surface area contributed by atoms with Crippen molar-refractivity contribution < 1.29 is 14.8 Å². The Kier molecular flexibility index (Phi) is 3.34. The largest absolute Gasteiger partial charge is 0.480 e. The molecule has 1 unspecified atom stereocenters. The first-order valence-electron chi connectivity index (χ1n) is 5.55. The number of carboxylic acids is 1. The lowest BCUT2D eigenvalue weighted by atomic mass is 10.0. The van der Waals surface area contributed by atoms with Crippen LogP contribution in [-0.4, -0.2) is 34.6 Å². The number of aliphatic carboxylic acids is 1. The van der Waals surface area contributed by atoms with Crippen LogP contribution in [0.4, 0.5) is 11.4 Å². The highest BCUT2D eigenvalue weighted by Crippen LogP contribution is 2.34. The summed E-state index contributed by atoms with van der Waals surface area (Å²) in [5.74, 6) is -1.10. The molecule has 1 saturated heterocycles. The quantitative estimate of drug-likeness (QED) is 0.639. The summed E-state index contributed by atoms with van der Waals surface area (Å²) in [4.78, 5) is 23.1. The minimum absolute atomic E-state index is 0.0325. The SMILES string of the molecule is NC1(C(=O)O)CCN(c2ccc(Cl)cc2[N+](=O)[O-])C1. The Labute approximate surface area is 113 Å². The van der Waals surface area contributed by atoms with Crippen molar-refractivity contribution in [3.63, 3.8) is 0 Å². The van der Waals surface area contributed by atoms with E-state index in [-0.39, 0.29) is 23.7 Å². The molecule has 0 radical (unpaired) electrons. The van der Waals surface area contributed by atoms with Gasteiger partial charge in [-0.25, -0.2) is 0 Å². The molecule has 19 heavy (non-hydrogen) atoms. The molecule has 1 fully saturated rings. The van der Waals surface area contributed by atoms with Gasteiger partial charge in [-0.05, 0) is 18.6 Å². The minimum atomic E-state index is -1.37. The molecule has 1 aliphatic heterocycles. The third-order valence-electron chi connectivity index (χ3n) is 3.20. The molecule has 1 aliphatic rings. The van der Waals surface area contributed by atoms with Gasteiger partial charge in [-0.3, -0.25) is 14.9 Å². The van der Waals surface area contributed by atoms with Gasteiger partial charge in [0, 0.05) is 24.2 Å². The maximum Gasteiger partial charge on any atom is 0.325 e. The summed E-state index contributed by atoms with van der Waals surface area (Å²) in [5.41, 5.74) is 4.57. The second kappa shape index (κ2) is 4.67. The number of nitrogens with two attached hydrogens (primary N) is 1. The van der Waals surface area contributed by atoms with Gasteiger partial charge in [-0.2, -0.15) is 0 Å².